The molecule has 38 heavy (non-hydrogen) atoms. The molecule has 0 aromatic heterocycles. The monoisotopic (exact) mass is 561 g/mol. The van der Waals surface area contributed by atoms with Crippen LogP contribution in [0.1, 0.15) is 63.9 Å². The number of carbonyl (C=O) groups excluding carboxylic acids is 2. The summed E-state index contributed by atoms with van der Waals surface area (Å²) in [5.74, 6) is -1.09. The number of aliphatic hydroxyl groups excluding tert-OH is 2. The van der Waals surface area contributed by atoms with Gasteiger partial charge in [-0.3, -0.25) is 14.1 Å². The van der Waals surface area contributed by atoms with Gasteiger partial charge in [-0.05, 0) is 37.1 Å². The fraction of sp³-hybridized carbons (Fsp3) is 0.680. The molecule has 1 aromatic carbocycles. The van der Waals surface area contributed by atoms with Gasteiger partial charge in [0, 0.05) is 6.42 Å². The second-order valence-electron chi connectivity index (χ2n) is 9.26. The van der Waals surface area contributed by atoms with Crippen LogP contribution in [0, 0.1) is 0 Å². The van der Waals surface area contributed by atoms with Gasteiger partial charge in [0.2, 0.25) is 6.29 Å². The number of ketones is 1. The number of phosphoric ester groups is 1. The summed E-state index contributed by atoms with van der Waals surface area (Å²) in [6.45, 7) is 1.81. The zero-order valence-electron chi connectivity index (χ0n) is 21.6. The van der Waals surface area contributed by atoms with Gasteiger partial charge in [0.1, 0.15) is 36.3 Å². The lowest BCUT2D eigenvalue weighted by Crippen LogP contribution is -2.62. The Bertz CT molecular complexity index is 907. The predicted octanol–water partition coefficient (Wildman–Crippen LogP) is 1.74. The van der Waals surface area contributed by atoms with Crippen molar-refractivity contribution in [2.75, 3.05) is 13.2 Å². The van der Waals surface area contributed by atoms with Crippen LogP contribution < -0.4 is 10.5 Å². The number of ether oxygens (including phenoxy) is 3. The van der Waals surface area contributed by atoms with Crippen LogP contribution >= 0.6 is 7.82 Å². The first kappa shape index (κ1) is 32.3. The molecule has 12 nitrogen and oxygen atoms in total. The third-order valence-corrected chi connectivity index (χ3v) is 6.60. The van der Waals surface area contributed by atoms with Crippen LogP contribution in [0.15, 0.2) is 24.3 Å². The summed E-state index contributed by atoms with van der Waals surface area (Å²) >= 11 is 0. The molecule has 0 radical (unpaired) electrons. The molecule has 1 aromatic rings. The second kappa shape index (κ2) is 16.3. The summed E-state index contributed by atoms with van der Waals surface area (Å²) in [7, 11) is -5.19. The first-order valence-corrected chi connectivity index (χ1v) is 14.5. The number of hydrogen-bond donors (Lipinski definition) is 5. The maximum atomic E-state index is 12.6. The second-order valence-corrected chi connectivity index (χ2v) is 10.5. The number of unbranched alkanes of at least 4 members (excludes halogenated alkanes) is 5. The highest BCUT2D eigenvalue weighted by Crippen LogP contribution is 2.42. The van der Waals surface area contributed by atoms with Crippen molar-refractivity contribution in [1.29, 1.82) is 0 Å². The lowest BCUT2D eigenvalue weighted by Gasteiger charge is -2.42. The van der Waals surface area contributed by atoms with Gasteiger partial charge in [-0.2, -0.15) is 0 Å². The Morgan fingerprint density at radius 2 is 1.71 bits per heavy atom. The van der Waals surface area contributed by atoms with E-state index in [1.165, 1.54) is 0 Å². The molecule has 1 heterocycles. The number of nitrogens with two attached hydrogens (primary N) is 1. The fourth-order valence-corrected chi connectivity index (χ4v) is 4.68. The molecule has 0 amide bonds. The Hall–Kier alpha value is -1.89. The number of phosphoric acid groups is 1. The van der Waals surface area contributed by atoms with Gasteiger partial charge < -0.3 is 39.9 Å². The molecule has 2 rings (SSSR count). The van der Waals surface area contributed by atoms with Crippen LogP contribution in [0.5, 0.6) is 5.75 Å². The van der Waals surface area contributed by atoms with Crippen molar-refractivity contribution in [3.05, 3.63) is 29.8 Å². The highest BCUT2D eigenvalue weighted by atomic mass is 31.2. The number of hydrogen-bond acceptors (Lipinski definition) is 10. The Morgan fingerprint density at radius 1 is 1.05 bits per heavy atom. The van der Waals surface area contributed by atoms with Crippen molar-refractivity contribution in [1.82, 2.24) is 0 Å². The van der Waals surface area contributed by atoms with Crippen molar-refractivity contribution in [3.8, 4) is 5.75 Å². The lowest BCUT2D eigenvalue weighted by molar-refractivity contribution is -0.279. The highest BCUT2D eigenvalue weighted by molar-refractivity contribution is 7.46. The van der Waals surface area contributed by atoms with E-state index < -0.39 is 57.5 Å². The van der Waals surface area contributed by atoms with Crippen LogP contribution in [0.2, 0.25) is 0 Å². The van der Waals surface area contributed by atoms with Crippen LogP contribution in [-0.4, -0.2) is 75.6 Å². The van der Waals surface area contributed by atoms with E-state index in [2.05, 4.69) is 6.92 Å². The maximum absolute atomic E-state index is 12.6. The van der Waals surface area contributed by atoms with Gasteiger partial charge in [-0.15, -0.1) is 0 Å². The van der Waals surface area contributed by atoms with Gasteiger partial charge in [0.25, 0.3) is 0 Å². The molecule has 6 N–H and O–H groups in total. The van der Waals surface area contributed by atoms with E-state index in [1.54, 1.807) is 24.3 Å². The summed E-state index contributed by atoms with van der Waals surface area (Å²) in [6, 6.07) is 6.67. The van der Waals surface area contributed by atoms with E-state index in [4.69, 9.17) is 24.5 Å². The van der Waals surface area contributed by atoms with Crippen molar-refractivity contribution in [2.24, 2.45) is 5.73 Å². The lowest BCUT2D eigenvalue weighted by atomic mass is 9.99. The Labute approximate surface area is 222 Å². The zero-order valence-corrected chi connectivity index (χ0v) is 22.5. The molecule has 1 fully saturated rings. The molecule has 0 saturated carbocycles. The minimum absolute atomic E-state index is 0.190. The average Bonchev–Trinajstić information content (AvgIpc) is 2.85. The number of esters is 1. The number of rotatable bonds is 17. The van der Waals surface area contributed by atoms with Crippen molar-refractivity contribution < 1.29 is 52.9 Å². The fourth-order valence-electron chi connectivity index (χ4n) is 4.12. The van der Waals surface area contributed by atoms with E-state index in [9.17, 15) is 34.2 Å². The average molecular weight is 562 g/mol. The van der Waals surface area contributed by atoms with E-state index in [1.807, 2.05) is 0 Å². The van der Waals surface area contributed by atoms with Gasteiger partial charge in [-0.25, -0.2) is 4.57 Å². The van der Waals surface area contributed by atoms with Crippen LogP contribution in [-0.2, 0) is 34.6 Å². The molecule has 216 valence electrons. The first-order valence-electron chi connectivity index (χ1n) is 12.9. The van der Waals surface area contributed by atoms with Crippen LogP contribution in [0.4, 0.5) is 0 Å². The standard InChI is InChI=1S/C25H40NO11P/c1-2-3-4-5-6-7-8-18(28)15-21(29)36-24-23(37-38(31,32)33)22(30)20(16-27)35-25(24)34-19-11-9-17(10-12-19)13-14-26/h9-12,20,22-25,27,30H,2-8,13-16,26H2,1H3,(H2,31,32,33)/t20-,22-,23+,24-,25-/m1/s1. The molecule has 0 aliphatic carbocycles. The number of benzene rings is 1. The van der Waals surface area contributed by atoms with Gasteiger partial charge in [0.15, 0.2) is 6.10 Å². The molecule has 0 spiro atoms. The molecule has 1 aliphatic heterocycles. The topological polar surface area (TPSA) is 195 Å². The summed E-state index contributed by atoms with van der Waals surface area (Å²) in [4.78, 5) is 43.7. The largest absolute Gasteiger partial charge is 0.470 e. The smallest absolute Gasteiger partial charge is 0.461 e. The van der Waals surface area contributed by atoms with Crippen LogP contribution in [0.3, 0.4) is 0 Å². The normalized spacial score (nSPS) is 23.7. The van der Waals surface area contributed by atoms with Gasteiger partial charge in [-0.1, -0.05) is 51.2 Å². The third kappa shape index (κ3) is 11.1. The predicted molar refractivity (Wildman–Crippen MR) is 136 cm³/mol. The number of aliphatic hydroxyl groups is 2. The maximum Gasteiger partial charge on any atom is 0.470 e. The summed E-state index contributed by atoms with van der Waals surface area (Å²) in [5, 5.41) is 20.2. The van der Waals surface area contributed by atoms with E-state index in [0.29, 0.717) is 19.4 Å². The van der Waals surface area contributed by atoms with E-state index in [-0.39, 0.29) is 18.0 Å². The summed E-state index contributed by atoms with van der Waals surface area (Å²) < 4.78 is 33.1. The molecular formula is C25H40NO11P. The van der Waals surface area contributed by atoms with Crippen LogP contribution in [0.25, 0.3) is 0 Å². The third-order valence-electron chi connectivity index (χ3n) is 6.08. The Balaban J connectivity index is 2.14. The molecule has 0 unspecified atom stereocenters. The van der Waals surface area contributed by atoms with Crippen molar-refractivity contribution >= 4 is 19.6 Å². The Morgan fingerprint density at radius 3 is 2.32 bits per heavy atom. The minimum Gasteiger partial charge on any atom is -0.461 e. The molecule has 1 aliphatic rings. The Kier molecular flexibility index (Phi) is 13.8. The zero-order chi connectivity index (χ0) is 28.1. The van der Waals surface area contributed by atoms with Gasteiger partial charge in [0.05, 0.1) is 6.61 Å². The number of Topliss-reactive ketones (excluding diaryl/α,β-unsaturated/α-hetero) is 1. The summed E-state index contributed by atoms with van der Waals surface area (Å²) in [6.07, 6.45) is -2.08. The molecule has 5 atom stereocenters. The molecule has 13 heteroatoms. The van der Waals surface area contributed by atoms with Crippen molar-refractivity contribution in [2.45, 2.75) is 95.4 Å². The molecule has 1 saturated heterocycles. The van der Waals surface area contributed by atoms with E-state index >= 15 is 0 Å². The van der Waals surface area contributed by atoms with E-state index in [0.717, 1.165) is 37.7 Å². The quantitative estimate of drug-likeness (QED) is 0.0801. The van der Waals surface area contributed by atoms with Crippen molar-refractivity contribution in [3.63, 3.8) is 0 Å². The highest BCUT2D eigenvalue weighted by Gasteiger charge is 2.51. The molecular weight excluding hydrogens is 521 g/mol. The minimum atomic E-state index is -5.19. The number of carbonyl (C=O) groups is 2. The first-order chi connectivity index (χ1) is 18.1. The van der Waals surface area contributed by atoms with Gasteiger partial charge >= 0.3 is 13.8 Å². The molecule has 0 bridgehead atoms. The SMILES string of the molecule is CCCCCCCCC(=O)CC(=O)O[C@H]1[C@H](Oc2ccc(CCN)cc2)O[C@H](CO)[C@@H](O)[C@@H]1OP(=O)(O)O. The summed E-state index contributed by atoms with van der Waals surface area (Å²) in [5.41, 5.74) is 6.49.